The topological polar surface area (TPSA) is 103 Å². The minimum Gasteiger partial charge on any atom is -0.491 e. The van der Waals surface area contributed by atoms with E-state index < -0.39 is 10.0 Å². The van der Waals surface area contributed by atoms with Crippen molar-refractivity contribution in [2.24, 2.45) is 0 Å². The van der Waals surface area contributed by atoms with E-state index in [1.165, 1.54) is 18.2 Å². The molecule has 0 saturated heterocycles. The summed E-state index contributed by atoms with van der Waals surface area (Å²) in [5, 5.41) is 2.76. The van der Waals surface area contributed by atoms with Gasteiger partial charge < -0.3 is 19.5 Å². The number of benzene rings is 3. The molecular formula is C25H26N2O6S. The van der Waals surface area contributed by atoms with Crippen molar-refractivity contribution in [3.63, 3.8) is 0 Å². The van der Waals surface area contributed by atoms with E-state index in [4.69, 9.17) is 14.2 Å². The standard InChI is InChI=1S/C25H26N2O6S/c1-17-6-8-22(18(2)12-17)31-11-10-26-25(28)20-4-3-5-21(14-20)34(29,30)27-15-19-7-9-23-24(13-19)33-16-32-23/h3-9,12-14,27H,10-11,15-16H2,1-2H3,(H,26,28). The molecule has 0 bridgehead atoms. The summed E-state index contributed by atoms with van der Waals surface area (Å²) in [7, 11) is -3.82. The second-order valence-electron chi connectivity index (χ2n) is 7.91. The van der Waals surface area contributed by atoms with Crippen LogP contribution in [0.25, 0.3) is 0 Å². The predicted octanol–water partition coefficient (Wildman–Crippen LogP) is 3.32. The number of nitrogens with one attached hydrogen (secondary N) is 2. The van der Waals surface area contributed by atoms with Crippen molar-refractivity contribution in [2.75, 3.05) is 19.9 Å². The zero-order chi connectivity index (χ0) is 24.1. The highest BCUT2D eigenvalue weighted by atomic mass is 32.2. The van der Waals surface area contributed by atoms with Gasteiger partial charge in [0.25, 0.3) is 5.91 Å². The van der Waals surface area contributed by atoms with E-state index in [9.17, 15) is 13.2 Å². The molecule has 0 radical (unpaired) electrons. The molecule has 0 aromatic heterocycles. The van der Waals surface area contributed by atoms with Gasteiger partial charge >= 0.3 is 0 Å². The Bertz CT molecular complexity index is 1310. The second kappa shape index (κ2) is 10.1. The van der Waals surface area contributed by atoms with Crippen LogP contribution in [0.15, 0.2) is 65.6 Å². The van der Waals surface area contributed by atoms with Crippen molar-refractivity contribution >= 4 is 15.9 Å². The Hall–Kier alpha value is -3.56. The van der Waals surface area contributed by atoms with Gasteiger partial charge in [0.15, 0.2) is 11.5 Å². The molecule has 0 spiro atoms. The van der Waals surface area contributed by atoms with Gasteiger partial charge in [0.05, 0.1) is 11.4 Å². The van der Waals surface area contributed by atoms with Crippen LogP contribution in [0, 0.1) is 13.8 Å². The molecule has 9 heteroatoms. The average molecular weight is 483 g/mol. The smallest absolute Gasteiger partial charge is 0.251 e. The van der Waals surface area contributed by atoms with Gasteiger partial charge in [-0.25, -0.2) is 13.1 Å². The molecule has 1 aliphatic rings. The van der Waals surface area contributed by atoms with Crippen LogP contribution in [0.1, 0.15) is 27.0 Å². The molecule has 34 heavy (non-hydrogen) atoms. The summed E-state index contributed by atoms with van der Waals surface area (Å²) in [5.41, 5.74) is 3.15. The van der Waals surface area contributed by atoms with Gasteiger partial charge in [-0.1, -0.05) is 29.8 Å². The third-order valence-electron chi connectivity index (χ3n) is 5.29. The van der Waals surface area contributed by atoms with E-state index in [1.807, 2.05) is 32.0 Å². The van der Waals surface area contributed by atoms with Crippen molar-refractivity contribution in [3.8, 4) is 17.2 Å². The fourth-order valence-corrected chi connectivity index (χ4v) is 4.57. The molecule has 3 aromatic carbocycles. The lowest BCUT2D eigenvalue weighted by Crippen LogP contribution is -2.28. The quantitative estimate of drug-likeness (QED) is 0.454. The van der Waals surface area contributed by atoms with E-state index in [0.29, 0.717) is 18.1 Å². The molecule has 3 aromatic rings. The van der Waals surface area contributed by atoms with E-state index >= 15 is 0 Å². The molecule has 178 valence electrons. The molecular weight excluding hydrogens is 456 g/mol. The summed E-state index contributed by atoms with van der Waals surface area (Å²) in [6.07, 6.45) is 0. The van der Waals surface area contributed by atoms with E-state index in [0.717, 1.165) is 22.4 Å². The van der Waals surface area contributed by atoms with Crippen molar-refractivity contribution in [3.05, 3.63) is 82.9 Å². The predicted molar refractivity (Wildman–Crippen MR) is 127 cm³/mol. The zero-order valence-electron chi connectivity index (χ0n) is 19.0. The van der Waals surface area contributed by atoms with E-state index in [-0.39, 0.29) is 36.2 Å². The maximum atomic E-state index is 12.8. The molecule has 2 N–H and O–H groups in total. The number of sulfonamides is 1. The van der Waals surface area contributed by atoms with Gasteiger partial charge in [-0.3, -0.25) is 4.79 Å². The number of carbonyl (C=O) groups excluding carboxylic acids is 1. The number of hydrogen-bond acceptors (Lipinski definition) is 6. The second-order valence-corrected chi connectivity index (χ2v) is 9.68. The van der Waals surface area contributed by atoms with Gasteiger partial charge in [-0.05, 0) is 61.4 Å². The first-order chi connectivity index (χ1) is 16.3. The number of rotatable bonds is 9. The number of carbonyl (C=O) groups is 1. The fourth-order valence-electron chi connectivity index (χ4n) is 3.51. The molecule has 0 saturated carbocycles. The van der Waals surface area contributed by atoms with E-state index in [2.05, 4.69) is 10.0 Å². The Labute approximate surface area is 198 Å². The van der Waals surface area contributed by atoms with Gasteiger partial charge in [0.2, 0.25) is 16.8 Å². The minimum atomic E-state index is -3.82. The number of fused-ring (bicyclic) bond motifs is 1. The Kier molecular flexibility index (Phi) is 7.04. The third-order valence-corrected chi connectivity index (χ3v) is 6.68. The van der Waals surface area contributed by atoms with E-state index in [1.54, 1.807) is 24.3 Å². The van der Waals surface area contributed by atoms with Crippen LogP contribution >= 0.6 is 0 Å². The highest BCUT2D eigenvalue weighted by molar-refractivity contribution is 7.89. The first-order valence-electron chi connectivity index (χ1n) is 10.8. The summed E-state index contributed by atoms with van der Waals surface area (Å²) < 4.78 is 44.4. The van der Waals surface area contributed by atoms with Gasteiger partial charge in [0, 0.05) is 12.1 Å². The van der Waals surface area contributed by atoms with Crippen LogP contribution < -0.4 is 24.2 Å². The van der Waals surface area contributed by atoms with Crippen LogP contribution in [0.3, 0.4) is 0 Å². The summed E-state index contributed by atoms with van der Waals surface area (Å²) in [4.78, 5) is 12.5. The maximum absolute atomic E-state index is 12.8. The molecule has 0 fully saturated rings. The maximum Gasteiger partial charge on any atom is 0.251 e. The molecule has 0 unspecified atom stereocenters. The Morgan fingerprint density at radius 1 is 1.00 bits per heavy atom. The summed E-state index contributed by atoms with van der Waals surface area (Å²) in [6.45, 7) is 4.78. The number of ether oxygens (including phenoxy) is 3. The lowest BCUT2D eigenvalue weighted by Gasteiger charge is -2.11. The lowest BCUT2D eigenvalue weighted by molar-refractivity contribution is 0.0946. The molecule has 0 aliphatic carbocycles. The summed E-state index contributed by atoms with van der Waals surface area (Å²) in [6, 6.07) is 17.0. The van der Waals surface area contributed by atoms with Crippen molar-refractivity contribution in [1.29, 1.82) is 0 Å². The fraction of sp³-hybridized carbons (Fsp3) is 0.240. The van der Waals surface area contributed by atoms with Gasteiger partial charge in [-0.15, -0.1) is 0 Å². The van der Waals surface area contributed by atoms with Crippen LogP contribution in [0.2, 0.25) is 0 Å². The summed E-state index contributed by atoms with van der Waals surface area (Å²) in [5.74, 6) is 1.60. The molecule has 1 heterocycles. The normalized spacial score (nSPS) is 12.4. The minimum absolute atomic E-state index is 0.00687. The third kappa shape index (κ3) is 5.67. The van der Waals surface area contributed by atoms with Crippen LogP contribution in [-0.2, 0) is 16.6 Å². The highest BCUT2D eigenvalue weighted by Crippen LogP contribution is 2.32. The monoisotopic (exact) mass is 482 g/mol. The van der Waals surface area contributed by atoms with Crippen LogP contribution in [-0.4, -0.2) is 34.3 Å². The van der Waals surface area contributed by atoms with Crippen LogP contribution in [0.4, 0.5) is 0 Å². The highest BCUT2D eigenvalue weighted by Gasteiger charge is 2.18. The van der Waals surface area contributed by atoms with Crippen LogP contribution in [0.5, 0.6) is 17.2 Å². The van der Waals surface area contributed by atoms with Gasteiger partial charge in [0.1, 0.15) is 12.4 Å². The first-order valence-corrected chi connectivity index (χ1v) is 12.3. The Morgan fingerprint density at radius 2 is 1.82 bits per heavy atom. The average Bonchev–Trinajstić information content (AvgIpc) is 3.29. The number of amides is 1. The SMILES string of the molecule is Cc1ccc(OCCNC(=O)c2cccc(S(=O)(=O)NCc3ccc4c(c3)OCO4)c2)c(C)c1. The molecule has 0 atom stereocenters. The lowest BCUT2D eigenvalue weighted by atomic mass is 10.1. The van der Waals surface area contributed by atoms with Crippen molar-refractivity contribution in [1.82, 2.24) is 10.0 Å². The molecule has 1 amide bonds. The Balaban J connectivity index is 1.32. The largest absolute Gasteiger partial charge is 0.491 e. The first kappa shape index (κ1) is 23.6. The molecule has 1 aliphatic heterocycles. The zero-order valence-corrected chi connectivity index (χ0v) is 19.8. The number of hydrogen-bond donors (Lipinski definition) is 2. The van der Waals surface area contributed by atoms with Crippen molar-refractivity contribution < 1.29 is 27.4 Å². The van der Waals surface area contributed by atoms with Crippen molar-refractivity contribution in [2.45, 2.75) is 25.3 Å². The summed E-state index contributed by atoms with van der Waals surface area (Å²) >= 11 is 0. The molecule has 4 rings (SSSR count). The van der Waals surface area contributed by atoms with Gasteiger partial charge in [-0.2, -0.15) is 0 Å². The Morgan fingerprint density at radius 3 is 2.65 bits per heavy atom. The number of aryl methyl sites for hydroxylation is 2. The molecule has 8 nitrogen and oxygen atoms in total.